The lowest BCUT2D eigenvalue weighted by atomic mass is 10.3. The first-order valence-electron chi connectivity index (χ1n) is 4.68. The Morgan fingerprint density at radius 3 is 2.25 bits per heavy atom. The van der Waals surface area contributed by atoms with Crippen LogP contribution in [0.4, 0.5) is 0 Å². The maximum absolute atomic E-state index is 10.9. The van der Waals surface area contributed by atoms with E-state index in [1.54, 1.807) is 30.3 Å². The molecule has 4 heteroatoms. The molecular formula is C12H9O3S-. The summed E-state index contributed by atoms with van der Waals surface area (Å²) >= 11 is -2.29. The van der Waals surface area contributed by atoms with E-state index in [-0.39, 0.29) is 4.90 Å². The van der Waals surface area contributed by atoms with Gasteiger partial charge in [-0.2, -0.15) is 0 Å². The van der Waals surface area contributed by atoms with E-state index in [9.17, 15) is 8.76 Å². The Balaban J connectivity index is 2.31. The van der Waals surface area contributed by atoms with Crippen LogP contribution in [0.2, 0.25) is 0 Å². The van der Waals surface area contributed by atoms with Gasteiger partial charge in [-0.15, -0.1) is 0 Å². The van der Waals surface area contributed by atoms with Crippen molar-refractivity contribution in [3.05, 3.63) is 54.6 Å². The maximum atomic E-state index is 10.9. The predicted octanol–water partition coefficient (Wildman–Crippen LogP) is 2.72. The molecule has 0 heterocycles. The van der Waals surface area contributed by atoms with Crippen LogP contribution in [0, 0.1) is 0 Å². The highest BCUT2D eigenvalue weighted by Gasteiger charge is 2.03. The van der Waals surface area contributed by atoms with Crippen molar-refractivity contribution < 1.29 is 13.5 Å². The van der Waals surface area contributed by atoms with Crippen LogP contribution in [0.5, 0.6) is 11.5 Å². The molecule has 2 aromatic rings. The standard InChI is InChI=1S/C12H10O3S/c13-16(14)12-9-5-4-8-11(12)15-10-6-2-1-3-7-10/h1-9H,(H,13,14)/p-1. The van der Waals surface area contributed by atoms with E-state index in [0.29, 0.717) is 11.5 Å². The molecule has 0 radical (unpaired) electrons. The smallest absolute Gasteiger partial charge is 0.142 e. The van der Waals surface area contributed by atoms with Crippen molar-refractivity contribution in [2.75, 3.05) is 0 Å². The van der Waals surface area contributed by atoms with Crippen LogP contribution in [0.1, 0.15) is 0 Å². The number of hydrogen-bond donors (Lipinski definition) is 0. The monoisotopic (exact) mass is 233 g/mol. The van der Waals surface area contributed by atoms with Crippen LogP contribution in [0.15, 0.2) is 59.5 Å². The van der Waals surface area contributed by atoms with Crippen molar-refractivity contribution >= 4 is 11.1 Å². The first kappa shape index (κ1) is 10.9. The average Bonchev–Trinajstić information content (AvgIpc) is 2.31. The molecule has 1 atom stereocenters. The third-order valence-corrected chi connectivity index (χ3v) is 2.70. The van der Waals surface area contributed by atoms with E-state index in [1.165, 1.54) is 6.07 Å². The van der Waals surface area contributed by atoms with Gasteiger partial charge in [0.2, 0.25) is 0 Å². The summed E-state index contributed by atoms with van der Waals surface area (Å²) < 4.78 is 27.3. The fourth-order valence-electron chi connectivity index (χ4n) is 1.29. The second-order valence-electron chi connectivity index (χ2n) is 3.10. The second-order valence-corrected chi connectivity index (χ2v) is 4.01. The van der Waals surface area contributed by atoms with Crippen LogP contribution in [-0.2, 0) is 11.1 Å². The zero-order valence-corrected chi connectivity index (χ0v) is 9.15. The Morgan fingerprint density at radius 1 is 0.938 bits per heavy atom. The predicted molar refractivity (Wildman–Crippen MR) is 60.1 cm³/mol. The van der Waals surface area contributed by atoms with Gasteiger partial charge in [-0.25, -0.2) is 0 Å². The largest absolute Gasteiger partial charge is 0.768 e. The molecule has 0 saturated heterocycles. The van der Waals surface area contributed by atoms with Crippen molar-refractivity contribution in [2.45, 2.75) is 4.90 Å². The molecule has 0 amide bonds. The van der Waals surface area contributed by atoms with E-state index in [1.807, 2.05) is 18.2 Å². The van der Waals surface area contributed by atoms with E-state index < -0.39 is 11.1 Å². The summed E-state index contributed by atoms with van der Waals surface area (Å²) in [6, 6.07) is 15.6. The highest BCUT2D eigenvalue weighted by Crippen LogP contribution is 2.26. The van der Waals surface area contributed by atoms with Gasteiger partial charge in [0.1, 0.15) is 11.5 Å². The molecule has 0 aliphatic carbocycles. The van der Waals surface area contributed by atoms with Gasteiger partial charge in [-0.1, -0.05) is 30.3 Å². The van der Waals surface area contributed by atoms with E-state index in [0.717, 1.165) is 0 Å². The number of benzene rings is 2. The van der Waals surface area contributed by atoms with Gasteiger partial charge in [0.25, 0.3) is 0 Å². The molecule has 0 bridgehead atoms. The van der Waals surface area contributed by atoms with Gasteiger partial charge in [0, 0.05) is 0 Å². The van der Waals surface area contributed by atoms with Crippen molar-refractivity contribution in [1.82, 2.24) is 0 Å². The minimum absolute atomic E-state index is 0.159. The van der Waals surface area contributed by atoms with Gasteiger partial charge in [-0.3, -0.25) is 4.21 Å². The highest BCUT2D eigenvalue weighted by molar-refractivity contribution is 7.79. The van der Waals surface area contributed by atoms with Crippen molar-refractivity contribution in [2.24, 2.45) is 0 Å². The molecule has 0 aliphatic heterocycles. The van der Waals surface area contributed by atoms with E-state index in [4.69, 9.17) is 4.74 Å². The summed E-state index contributed by atoms with van der Waals surface area (Å²) in [6.07, 6.45) is 0. The number of hydrogen-bond acceptors (Lipinski definition) is 3. The molecule has 0 spiro atoms. The molecular weight excluding hydrogens is 224 g/mol. The van der Waals surface area contributed by atoms with Crippen molar-refractivity contribution in [1.29, 1.82) is 0 Å². The molecule has 2 rings (SSSR count). The SMILES string of the molecule is O=S([O-])c1ccccc1Oc1ccccc1. The summed E-state index contributed by atoms with van der Waals surface area (Å²) in [7, 11) is 0. The summed E-state index contributed by atoms with van der Waals surface area (Å²) in [5.74, 6) is 0.947. The minimum Gasteiger partial charge on any atom is -0.768 e. The van der Waals surface area contributed by atoms with Gasteiger partial charge < -0.3 is 9.29 Å². The van der Waals surface area contributed by atoms with E-state index >= 15 is 0 Å². The Hall–Kier alpha value is -1.65. The molecule has 82 valence electrons. The molecule has 0 aliphatic rings. The van der Waals surface area contributed by atoms with Crippen molar-refractivity contribution in [3.8, 4) is 11.5 Å². The van der Waals surface area contributed by atoms with E-state index in [2.05, 4.69) is 0 Å². The van der Waals surface area contributed by atoms with Gasteiger partial charge in [0.15, 0.2) is 0 Å². The molecule has 1 unspecified atom stereocenters. The summed E-state index contributed by atoms with van der Waals surface area (Å²) in [5, 5.41) is 0. The molecule has 16 heavy (non-hydrogen) atoms. The Kier molecular flexibility index (Phi) is 3.34. The van der Waals surface area contributed by atoms with Crippen molar-refractivity contribution in [3.63, 3.8) is 0 Å². The molecule has 2 aromatic carbocycles. The normalized spacial score (nSPS) is 12.1. The van der Waals surface area contributed by atoms with Crippen LogP contribution in [0.3, 0.4) is 0 Å². The van der Waals surface area contributed by atoms with Gasteiger partial charge in [-0.05, 0) is 35.3 Å². The Bertz CT molecular complexity index is 497. The summed E-state index contributed by atoms with van der Waals surface area (Å²) in [4.78, 5) is 0.159. The zero-order valence-electron chi connectivity index (χ0n) is 8.33. The third kappa shape index (κ3) is 2.48. The lowest BCUT2D eigenvalue weighted by molar-refractivity contribution is 0.463. The zero-order chi connectivity index (χ0) is 11.4. The lowest BCUT2D eigenvalue weighted by Gasteiger charge is -2.12. The summed E-state index contributed by atoms with van der Waals surface area (Å²) in [5.41, 5.74) is 0. The van der Waals surface area contributed by atoms with Crippen LogP contribution < -0.4 is 4.74 Å². The van der Waals surface area contributed by atoms with Crippen LogP contribution in [0.25, 0.3) is 0 Å². The minimum atomic E-state index is -2.29. The van der Waals surface area contributed by atoms with Gasteiger partial charge in [0.05, 0.1) is 4.90 Å². The van der Waals surface area contributed by atoms with Crippen LogP contribution >= 0.6 is 0 Å². The molecule has 0 fully saturated rings. The lowest BCUT2D eigenvalue weighted by Crippen LogP contribution is -1.93. The second kappa shape index (κ2) is 4.92. The average molecular weight is 233 g/mol. The fourth-order valence-corrected chi connectivity index (χ4v) is 1.75. The number of rotatable bonds is 3. The molecule has 0 aromatic heterocycles. The Morgan fingerprint density at radius 2 is 1.56 bits per heavy atom. The fraction of sp³-hybridized carbons (Fsp3) is 0. The highest BCUT2D eigenvalue weighted by atomic mass is 32.2. The first-order valence-corrected chi connectivity index (χ1v) is 5.76. The molecule has 3 nitrogen and oxygen atoms in total. The number of ether oxygens (including phenoxy) is 1. The maximum Gasteiger partial charge on any atom is 0.142 e. The number of para-hydroxylation sites is 2. The summed E-state index contributed by atoms with van der Waals surface area (Å²) in [6.45, 7) is 0. The quantitative estimate of drug-likeness (QED) is 0.766. The van der Waals surface area contributed by atoms with Crippen LogP contribution in [-0.4, -0.2) is 8.76 Å². The topological polar surface area (TPSA) is 49.4 Å². The Labute approximate surface area is 96.0 Å². The first-order chi connectivity index (χ1) is 7.77. The molecule has 0 saturated carbocycles. The molecule has 0 N–H and O–H groups in total. The third-order valence-electron chi connectivity index (χ3n) is 2.00. The van der Waals surface area contributed by atoms with Gasteiger partial charge >= 0.3 is 0 Å².